The minimum absolute atomic E-state index is 0.0916. The molecule has 1 saturated heterocycles. The minimum Gasteiger partial charge on any atom is -0.338 e. The van der Waals surface area contributed by atoms with Crippen LogP contribution in [0.5, 0.6) is 0 Å². The summed E-state index contributed by atoms with van der Waals surface area (Å²) in [6.07, 6.45) is 8.92. The Hall–Kier alpha value is -4.08. The second-order valence-electron chi connectivity index (χ2n) is 8.08. The highest BCUT2D eigenvalue weighted by molar-refractivity contribution is 7.99. The standard InChI is InChI=1S/C25H22N6O4S2/c1-2-11-30-23(33)21(36-24(30)18(16-26)22(32)29-12-4-3-5-13-29)15-17-7-8-20(19(14-17)31(34)35)37-25-27-9-6-10-28-25/h2,6-10,14-15H,1,3-5,11-13H2/b21-15-,24-18-. The quantitative estimate of drug-likeness (QED) is 0.195. The third-order valence-corrected chi connectivity index (χ3v) is 7.71. The summed E-state index contributed by atoms with van der Waals surface area (Å²) in [4.78, 5) is 47.8. The number of nitro benzene ring substituents is 1. The summed E-state index contributed by atoms with van der Waals surface area (Å²) < 4.78 is 1.84. The summed E-state index contributed by atoms with van der Waals surface area (Å²) in [5.74, 6) is -0.395. The Morgan fingerprint density at radius 3 is 2.65 bits per heavy atom. The monoisotopic (exact) mass is 534 g/mol. The summed E-state index contributed by atoms with van der Waals surface area (Å²) in [5, 5.41) is 22.0. The zero-order chi connectivity index (χ0) is 26.4. The van der Waals surface area contributed by atoms with Crippen molar-refractivity contribution in [3.8, 4) is 6.07 Å². The molecule has 3 heterocycles. The Morgan fingerprint density at radius 2 is 2.00 bits per heavy atom. The zero-order valence-electron chi connectivity index (χ0n) is 19.7. The van der Waals surface area contributed by atoms with E-state index < -0.39 is 16.4 Å². The number of hydrogen-bond donors (Lipinski definition) is 0. The molecule has 1 aromatic carbocycles. The number of nitriles is 1. The molecule has 1 amide bonds. The first-order chi connectivity index (χ1) is 17.9. The molecule has 1 fully saturated rings. The molecule has 12 heteroatoms. The molecule has 1 aliphatic heterocycles. The summed E-state index contributed by atoms with van der Waals surface area (Å²) in [6.45, 7) is 4.94. The number of amides is 1. The van der Waals surface area contributed by atoms with Crippen molar-refractivity contribution in [2.75, 3.05) is 13.1 Å². The maximum atomic E-state index is 13.2. The molecule has 0 bridgehead atoms. The molecule has 0 unspecified atom stereocenters. The SMILES string of the molecule is C=CCn1c(=O)/c(=C/c2ccc(Sc3ncccn3)c([N+](=O)[O-])c2)s/c1=C(/C#N)C(=O)N1CCCCC1. The van der Waals surface area contributed by atoms with Gasteiger partial charge in [0.25, 0.3) is 17.2 Å². The first kappa shape index (κ1) is 26.0. The molecule has 3 aromatic rings. The van der Waals surface area contributed by atoms with Gasteiger partial charge in [0.1, 0.15) is 10.7 Å². The lowest BCUT2D eigenvalue weighted by molar-refractivity contribution is -0.387. The molecule has 37 heavy (non-hydrogen) atoms. The van der Waals surface area contributed by atoms with Gasteiger partial charge in [-0.1, -0.05) is 12.1 Å². The summed E-state index contributed by atoms with van der Waals surface area (Å²) >= 11 is 2.08. The van der Waals surface area contributed by atoms with Gasteiger partial charge in [-0.05, 0) is 54.8 Å². The number of rotatable bonds is 7. The van der Waals surface area contributed by atoms with Gasteiger partial charge in [0.15, 0.2) is 10.7 Å². The van der Waals surface area contributed by atoms with E-state index in [9.17, 15) is 25.0 Å². The van der Waals surface area contributed by atoms with Gasteiger partial charge in [-0.2, -0.15) is 5.26 Å². The van der Waals surface area contributed by atoms with Crippen molar-refractivity contribution in [3.63, 3.8) is 0 Å². The highest BCUT2D eigenvalue weighted by Crippen LogP contribution is 2.33. The topological polar surface area (TPSA) is 135 Å². The predicted octanol–water partition coefficient (Wildman–Crippen LogP) is 2.46. The number of hydrogen-bond acceptors (Lipinski definition) is 9. The van der Waals surface area contributed by atoms with Crippen molar-refractivity contribution in [2.45, 2.75) is 35.9 Å². The molecule has 0 saturated carbocycles. The van der Waals surface area contributed by atoms with E-state index in [1.54, 1.807) is 35.5 Å². The Balaban J connectivity index is 1.81. The number of carbonyl (C=O) groups excluding carboxylic acids is 1. The van der Waals surface area contributed by atoms with E-state index in [0.29, 0.717) is 28.7 Å². The molecule has 2 aromatic heterocycles. The van der Waals surface area contributed by atoms with Gasteiger partial charge in [0.2, 0.25) is 0 Å². The molecule has 1 aliphatic rings. The van der Waals surface area contributed by atoms with Gasteiger partial charge in [0.05, 0.1) is 14.4 Å². The normalized spacial score (nSPS) is 14.7. The van der Waals surface area contributed by atoms with Crippen LogP contribution in [0.2, 0.25) is 0 Å². The first-order valence-electron chi connectivity index (χ1n) is 11.4. The number of aromatic nitrogens is 3. The highest BCUT2D eigenvalue weighted by atomic mass is 32.2. The van der Waals surface area contributed by atoms with Gasteiger partial charge in [0, 0.05) is 38.1 Å². The number of likely N-dealkylation sites (tertiary alicyclic amines) is 1. The molecule has 0 atom stereocenters. The van der Waals surface area contributed by atoms with Crippen LogP contribution in [0.4, 0.5) is 5.69 Å². The number of thiazole rings is 1. The number of piperidine rings is 1. The highest BCUT2D eigenvalue weighted by Gasteiger charge is 2.23. The molecule has 4 rings (SSSR count). The van der Waals surface area contributed by atoms with E-state index in [4.69, 9.17) is 0 Å². The maximum absolute atomic E-state index is 13.2. The van der Waals surface area contributed by atoms with Crippen molar-refractivity contribution >= 4 is 46.3 Å². The molecule has 188 valence electrons. The second kappa shape index (κ2) is 11.8. The average Bonchev–Trinajstić information content (AvgIpc) is 3.21. The lowest BCUT2D eigenvalue weighted by atomic mass is 10.1. The van der Waals surface area contributed by atoms with Crippen LogP contribution in [0, 0.1) is 21.4 Å². The van der Waals surface area contributed by atoms with Gasteiger partial charge >= 0.3 is 0 Å². The zero-order valence-corrected chi connectivity index (χ0v) is 21.3. The van der Waals surface area contributed by atoms with Gasteiger partial charge in [-0.3, -0.25) is 24.3 Å². The minimum atomic E-state index is -0.503. The van der Waals surface area contributed by atoms with E-state index in [-0.39, 0.29) is 27.0 Å². The molecule has 0 N–H and O–H groups in total. The maximum Gasteiger partial charge on any atom is 0.283 e. The van der Waals surface area contributed by atoms with E-state index in [2.05, 4.69) is 16.5 Å². The third-order valence-electron chi connectivity index (χ3n) is 5.62. The molecule has 0 radical (unpaired) electrons. The largest absolute Gasteiger partial charge is 0.338 e. The summed E-state index contributed by atoms with van der Waals surface area (Å²) in [7, 11) is 0. The van der Waals surface area contributed by atoms with Crippen LogP contribution < -0.4 is 14.8 Å². The first-order valence-corrected chi connectivity index (χ1v) is 13.1. The van der Waals surface area contributed by atoms with Crippen LogP contribution >= 0.6 is 23.1 Å². The predicted molar refractivity (Wildman–Crippen MR) is 140 cm³/mol. The van der Waals surface area contributed by atoms with E-state index >= 15 is 0 Å². The van der Waals surface area contributed by atoms with E-state index in [1.807, 2.05) is 6.07 Å². The number of carbonyl (C=O) groups is 1. The van der Waals surface area contributed by atoms with Crippen LogP contribution in [0.3, 0.4) is 0 Å². The van der Waals surface area contributed by atoms with Crippen LogP contribution in [-0.2, 0) is 11.3 Å². The molecular weight excluding hydrogens is 512 g/mol. The van der Waals surface area contributed by atoms with Gasteiger partial charge in [-0.25, -0.2) is 9.97 Å². The van der Waals surface area contributed by atoms with Crippen molar-refractivity contribution in [1.29, 1.82) is 5.26 Å². The number of nitro groups is 1. The van der Waals surface area contributed by atoms with E-state index in [1.165, 1.54) is 22.8 Å². The lowest BCUT2D eigenvalue weighted by Gasteiger charge is -2.26. The number of benzene rings is 1. The van der Waals surface area contributed by atoms with Crippen molar-refractivity contribution < 1.29 is 9.72 Å². The average molecular weight is 535 g/mol. The van der Waals surface area contributed by atoms with Crippen molar-refractivity contribution in [2.24, 2.45) is 0 Å². The molecule has 10 nitrogen and oxygen atoms in total. The van der Waals surface area contributed by atoms with Crippen LogP contribution in [0.25, 0.3) is 11.6 Å². The third kappa shape index (κ3) is 5.84. The second-order valence-corrected chi connectivity index (χ2v) is 10.1. The van der Waals surface area contributed by atoms with Gasteiger partial charge < -0.3 is 4.90 Å². The Bertz CT molecular complexity index is 1570. The summed E-state index contributed by atoms with van der Waals surface area (Å²) in [5.41, 5.74) is -0.218. The Morgan fingerprint density at radius 1 is 1.27 bits per heavy atom. The summed E-state index contributed by atoms with van der Waals surface area (Å²) in [6, 6.07) is 8.25. The van der Waals surface area contributed by atoms with Crippen LogP contribution in [0.1, 0.15) is 24.8 Å². The fraction of sp³-hybridized carbons (Fsp3) is 0.240. The number of nitrogens with zero attached hydrogens (tertiary/aromatic N) is 6. The lowest BCUT2D eigenvalue weighted by Crippen LogP contribution is -2.39. The molecule has 0 spiro atoms. The van der Waals surface area contributed by atoms with Crippen molar-refractivity contribution in [1.82, 2.24) is 19.4 Å². The van der Waals surface area contributed by atoms with E-state index in [0.717, 1.165) is 42.4 Å². The number of allylic oxidation sites excluding steroid dienone is 1. The van der Waals surface area contributed by atoms with Crippen LogP contribution in [0.15, 0.2) is 64.2 Å². The Labute approximate surface area is 220 Å². The fourth-order valence-electron chi connectivity index (χ4n) is 3.88. The fourth-order valence-corrected chi connectivity index (χ4v) is 5.78. The smallest absolute Gasteiger partial charge is 0.283 e. The molecule has 0 aliphatic carbocycles. The van der Waals surface area contributed by atoms with Gasteiger partial charge in [-0.15, -0.1) is 17.9 Å². The van der Waals surface area contributed by atoms with Crippen LogP contribution in [-0.4, -0.2) is 43.4 Å². The van der Waals surface area contributed by atoms with Crippen molar-refractivity contribution in [3.05, 3.63) is 84.5 Å². The molecular formula is C25H22N6O4S2. The Kier molecular flexibility index (Phi) is 8.27.